The standard InChI is InChI=1S/C18H24ClNO/c1-20-16-11-18(8-2-3-13(10-18)12-4-5-12)21-17-7-6-14(19)9-15(16)17/h6-7,9,12-13,16,20H,2-5,8,10-11H2,1H3. The van der Waals surface area contributed by atoms with Crippen molar-refractivity contribution in [1.82, 2.24) is 5.32 Å². The second kappa shape index (κ2) is 5.17. The zero-order chi connectivity index (χ0) is 14.4. The smallest absolute Gasteiger partial charge is 0.125 e. The first-order valence-electron chi connectivity index (χ1n) is 8.35. The van der Waals surface area contributed by atoms with Crippen molar-refractivity contribution in [3.63, 3.8) is 0 Å². The van der Waals surface area contributed by atoms with E-state index in [1.54, 1.807) is 0 Å². The first kappa shape index (κ1) is 13.9. The fourth-order valence-electron chi connectivity index (χ4n) is 4.52. The summed E-state index contributed by atoms with van der Waals surface area (Å²) in [6.07, 6.45) is 9.16. The summed E-state index contributed by atoms with van der Waals surface area (Å²) in [6.45, 7) is 0. The third kappa shape index (κ3) is 2.57. The monoisotopic (exact) mass is 305 g/mol. The van der Waals surface area contributed by atoms with Gasteiger partial charge in [0.25, 0.3) is 0 Å². The van der Waals surface area contributed by atoms with Crippen molar-refractivity contribution in [1.29, 1.82) is 0 Å². The summed E-state index contributed by atoms with van der Waals surface area (Å²) in [5.74, 6) is 2.93. The molecule has 3 unspecified atom stereocenters. The number of nitrogens with one attached hydrogen (secondary N) is 1. The van der Waals surface area contributed by atoms with Crippen LogP contribution in [0.5, 0.6) is 5.75 Å². The molecule has 2 saturated carbocycles. The minimum atomic E-state index is 0.0556. The van der Waals surface area contributed by atoms with Gasteiger partial charge in [-0.25, -0.2) is 0 Å². The number of rotatable bonds is 2. The summed E-state index contributed by atoms with van der Waals surface area (Å²) in [4.78, 5) is 0. The number of hydrogen-bond donors (Lipinski definition) is 1. The van der Waals surface area contributed by atoms with Gasteiger partial charge in [0.05, 0.1) is 0 Å². The van der Waals surface area contributed by atoms with Crippen LogP contribution in [0.15, 0.2) is 18.2 Å². The number of fused-ring (bicyclic) bond motifs is 1. The second-order valence-corrected chi connectivity index (χ2v) is 7.64. The topological polar surface area (TPSA) is 21.3 Å². The molecule has 4 rings (SSSR count). The second-order valence-electron chi connectivity index (χ2n) is 7.21. The van der Waals surface area contributed by atoms with E-state index in [-0.39, 0.29) is 5.60 Å². The van der Waals surface area contributed by atoms with Crippen LogP contribution in [0.3, 0.4) is 0 Å². The summed E-state index contributed by atoms with van der Waals surface area (Å²) in [5, 5.41) is 4.28. The minimum absolute atomic E-state index is 0.0556. The Labute approximate surface area is 132 Å². The Kier molecular flexibility index (Phi) is 3.42. The van der Waals surface area contributed by atoms with Crippen molar-refractivity contribution < 1.29 is 4.74 Å². The Balaban J connectivity index is 1.64. The molecule has 0 amide bonds. The molecule has 0 saturated heterocycles. The van der Waals surface area contributed by atoms with E-state index in [2.05, 4.69) is 24.5 Å². The Hall–Kier alpha value is -0.730. The summed E-state index contributed by atoms with van der Waals surface area (Å²) in [5.41, 5.74) is 1.28. The maximum atomic E-state index is 6.56. The Morgan fingerprint density at radius 2 is 2.05 bits per heavy atom. The maximum absolute atomic E-state index is 6.56. The Bertz CT molecular complexity index is 542. The van der Waals surface area contributed by atoms with Gasteiger partial charge in [0, 0.05) is 23.0 Å². The molecule has 114 valence electrons. The van der Waals surface area contributed by atoms with E-state index >= 15 is 0 Å². The van der Waals surface area contributed by atoms with Crippen molar-refractivity contribution in [2.45, 2.75) is 56.6 Å². The number of hydrogen-bond acceptors (Lipinski definition) is 2. The van der Waals surface area contributed by atoms with Crippen LogP contribution in [0.4, 0.5) is 0 Å². The van der Waals surface area contributed by atoms with Crippen LogP contribution >= 0.6 is 11.6 Å². The lowest BCUT2D eigenvalue weighted by Gasteiger charge is -2.47. The lowest BCUT2D eigenvalue weighted by molar-refractivity contribution is -0.0238. The molecular formula is C18H24ClNO. The van der Waals surface area contributed by atoms with Crippen LogP contribution in [0.1, 0.15) is 56.6 Å². The summed E-state index contributed by atoms with van der Waals surface area (Å²) in [6, 6.07) is 6.44. The molecule has 1 aromatic rings. The van der Waals surface area contributed by atoms with E-state index in [1.165, 1.54) is 44.1 Å². The molecule has 2 nitrogen and oxygen atoms in total. The zero-order valence-corrected chi connectivity index (χ0v) is 13.5. The quantitative estimate of drug-likeness (QED) is 0.853. The molecular weight excluding hydrogens is 282 g/mol. The highest BCUT2D eigenvalue weighted by atomic mass is 35.5. The highest BCUT2D eigenvalue weighted by molar-refractivity contribution is 6.30. The van der Waals surface area contributed by atoms with E-state index < -0.39 is 0 Å². The van der Waals surface area contributed by atoms with Gasteiger partial charge in [0.15, 0.2) is 0 Å². The summed E-state index contributed by atoms with van der Waals surface area (Å²) < 4.78 is 6.56. The fraction of sp³-hybridized carbons (Fsp3) is 0.667. The average Bonchev–Trinajstić information content (AvgIpc) is 3.32. The van der Waals surface area contributed by atoms with Crippen LogP contribution in [-0.4, -0.2) is 12.6 Å². The van der Waals surface area contributed by atoms with Crippen molar-refractivity contribution in [3.05, 3.63) is 28.8 Å². The molecule has 1 aliphatic heterocycles. The molecule has 1 N–H and O–H groups in total. The van der Waals surface area contributed by atoms with Crippen LogP contribution in [-0.2, 0) is 0 Å². The SMILES string of the molecule is CNC1CC2(CCCC(C3CC3)C2)Oc2ccc(Cl)cc21. The molecule has 3 aliphatic rings. The molecule has 1 heterocycles. The van der Waals surface area contributed by atoms with Crippen molar-refractivity contribution in [2.24, 2.45) is 11.8 Å². The molecule has 3 heteroatoms. The minimum Gasteiger partial charge on any atom is -0.487 e. The third-order valence-corrected chi connectivity index (χ3v) is 5.96. The molecule has 2 fully saturated rings. The van der Waals surface area contributed by atoms with Gasteiger partial charge in [0.2, 0.25) is 0 Å². The van der Waals surface area contributed by atoms with Crippen LogP contribution in [0, 0.1) is 11.8 Å². The highest BCUT2D eigenvalue weighted by Crippen LogP contribution is 2.52. The predicted molar refractivity (Wildman–Crippen MR) is 85.9 cm³/mol. The molecule has 1 spiro atoms. The van der Waals surface area contributed by atoms with E-state index in [0.717, 1.165) is 29.0 Å². The van der Waals surface area contributed by atoms with Crippen molar-refractivity contribution >= 4 is 11.6 Å². The van der Waals surface area contributed by atoms with Crippen molar-refractivity contribution in [3.8, 4) is 5.75 Å². The molecule has 0 radical (unpaired) electrons. The van der Waals surface area contributed by atoms with Crippen molar-refractivity contribution in [2.75, 3.05) is 7.05 Å². The van der Waals surface area contributed by atoms with E-state index in [1.807, 2.05) is 6.07 Å². The number of ether oxygens (including phenoxy) is 1. The van der Waals surface area contributed by atoms with Gasteiger partial charge < -0.3 is 10.1 Å². The van der Waals surface area contributed by atoms with E-state index in [4.69, 9.17) is 16.3 Å². The lowest BCUT2D eigenvalue weighted by atomic mass is 9.71. The van der Waals surface area contributed by atoms with Gasteiger partial charge in [-0.1, -0.05) is 11.6 Å². The van der Waals surface area contributed by atoms with Gasteiger partial charge in [-0.3, -0.25) is 0 Å². The average molecular weight is 306 g/mol. The third-order valence-electron chi connectivity index (χ3n) is 5.73. The van der Waals surface area contributed by atoms with Gasteiger partial charge in [-0.15, -0.1) is 0 Å². The van der Waals surface area contributed by atoms with Gasteiger partial charge in [-0.2, -0.15) is 0 Å². The highest BCUT2D eigenvalue weighted by Gasteiger charge is 2.47. The van der Waals surface area contributed by atoms with Gasteiger partial charge in [0.1, 0.15) is 11.4 Å². The zero-order valence-electron chi connectivity index (χ0n) is 12.7. The lowest BCUT2D eigenvalue weighted by Crippen LogP contribution is -2.47. The first-order chi connectivity index (χ1) is 10.2. The summed E-state index contributed by atoms with van der Waals surface area (Å²) in [7, 11) is 2.05. The summed E-state index contributed by atoms with van der Waals surface area (Å²) >= 11 is 6.17. The molecule has 3 atom stereocenters. The Morgan fingerprint density at radius 1 is 1.19 bits per heavy atom. The van der Waals surface area contributed by atoms with Gasteiger partial charge >= 0.3 is 0 Å². The predicted octanol–water partition coefficient (Wildman–Crippen LogP) is 4.72. The molecule has 1 aromatic carbocycles. The van der Waals surface area contributed by atoms with Crippen LogP contribution in [0.25, 0.3) is 0 Å². The Morgan fingerprint density at radius 3 is 2.81 bits per heavy atom. The molecule has 0 bridgehead atoms. The van der Waals surface area contributed by atoms with Gasteiger partial charge in [-0.05, 0) is 75.6 Å². The van der Waals surface area contributed by atoms with Crippen LogP contribution in [0.2, 0.25) is 5.02 Å². The first-order valence-corrected chi connectivity index (χ1v) is 8.73. The molecule has 0 aromatic heterocycles. The number of benzene rings is 1. The fourth-order valence-corrected chi connectivity index (χ4v) is 4.70. The normalized spacial score (nSPS) is 35.3. The van der Waals surface area contributed by atoms with E-state index in [9.17, 15) is 0 Å². The maximum Gasteiger partial charge on any atom is 0.125 e. The van der Waals surface area contributed by atoms with Crippen LogP contribution < -0.4 is 10.1 Å². The number of halogens is 1. The largest absolute Gasteiger partial charge is 0.487 e. The molecule has 2 aliphatic carbocycles. The molecule has 21 heavy (non-hydrogen) atoms. The van der Waals surface area contributed by atoms with E-state index in [0.29, 0.717) is 6.04 Å².